The number of phenolic OH excluding ortho intramolecular Hbond substituents is 2. The first-order valence-corrected chi connectivity index (χ1v) is 17.7. The lowest BCUT2D eigenvalue weighted by molar-refractivity contribution is -0.451. The Morgan fingerprint density at radius 3 is 1.28 bits per heavy atom. The summed E-state index contributed by atoms with van der Waals surface area (Å²) in [7, 11) is 7.91. The number of para-hydroxylation sites is 2. The summed E-state index contributed by atoms with van der Waals surface area (Å²) in [5, 5.41) is 21.6. The van der Waals surface area contributed by atoms with Gasteiger partial charge < -0.3 is 20.0 Å². The van der Waals surface area contributed by atoms with Crippen molar-refractivity contribution in [1.29, 1.82) is 0 Å². The first-order chi connectivity index (χ1) is 23.8. The van der Waals surface area contributed by atoms with E-state index in [1.807, 2.05) is 86.5 Å². The smallest absolute Gasteiger partial charge is 0.209 e. The van der Waals surface area contributed by atoms with Gasteiger partial charge in [0.15, 0.2) is 11.4 Å². The highest BCUT2D eigenvalue weighted by Gasteiger charge is 2.45. The maximum atomic E-state index is 10.8. The maximum Gasteiger partial charge on any atom is 0.209 e. The maximum absolute atomic E-state index is 10.8. The number of benzene rings is 4. The van der Waals surface area contributed by atoms with Gasteiger partial charge in [-0.15, -0.1) is 0 Å². The lowest BCUT2D eigenvalue weighted by atomic mass is 9.81. The van der Waals surface area contributed by atoms with Gasteiger partial charge in [-0.25, -0.2) is 0 Å². The van der Waals surface area contributed by atoms with Crippen LogP contribution in [0.1, 0.15) is 62.8 Å². The SMILES string of the molecule is CN(C)c1ccc(/C=C/C2=[N+](CCCC[N+]3=C(/C=C/c4ccc(N(C)C)cc4O)C(C)(C)c4ccccc43)c3ccccc3C2(C)C)c(O)c1. The quantitative estimate of drug-likeness (QED) is 0.124. The standard InChI is InChI=1S/C44H50N4O2/c1-43(2)35-15-9-11-17-37(35)47(41(43)25-21-31-19-23-33(45(5)6)29-39(31)49)27-13-14-28-48-38-18-12-10-16-36(38)44(3,4)42(48)26-22-32-20-24-34(46(7)8)30-40(32)50/h9-12,15-26,29-30H,13-14,27-28H2,1-8H3/p+2. The zero-order valence-electron chi connectivity index (χ0n) is 30.9. The van der Waals surface area contributed by atoms with Gasteiger partial charge >= 0.3 is 0 Å². The molecule has 0 saturated carbocycles. The molecule has 2 N–H and O–H groups in total. The zero-order valence-corrected chi connectivity index (χ0v) is 30.9. The molecule has 0 aliphatic carbocycles. The van der Waals surface area contributed by atoms with Crippen molar-refractivity contribution >= 4 is 46.3 Å². The van der Waals surface area contributed by atoms with Crippen molar-refractivity contribution in [3.63, 3.8) is 0 Å². The fourth-order valence-electron chi connectivity index (χ4n) is 7.54. The first-order valence-electron chi connectivity index (χ1n) is 17.7. The highest BCUT2D eigenvalue weighted by atomic mass is 16.3. The third-order valence-corrected chi connectivity index (χ3v) is 10.5. The first kappa shape index (κ1) is 34.8. The van der Waals surface area contributed by atoms with Crippen LogP contribution in [-0.4, -0.2) is 72.1 Å². The third-order valence-electron chi connectivity index (χ3n) is 10.5. The molecule has 2 aliphatic heterocycles. The molecule has 0 spiro atoms. The van der Waals surface area contributed by atoms with Gasteiger partial charge in [-0.1, -0.05) is 36.4 Å². The lowest BCUT2D eigenvalue weighted by Gasteiger charge is -2.16. The highest BCUT2D eigenvalue weighted by molar-refractivity contribution is 6.06. The second-order valence-electron chi connectivity index (χ2n) is 15.0. The molecular weight excluding hydrogens is 617 g/mol. The number of fused-ring (bicyclic) bond motifs is 2. The van der Waals surface area contributed by atoms with Crippen LogP contribution in [0.2, 0.25) is 0 Å². The Morgan fingerprint density at radius 2 is 0.920 bits per heavy atom. The number of hydrogen-bond donors (Lipinski definition) is 2. The number of nitrogens with zero attached hydrogens (tertiary/aromatic N) is 4. The van der Waals surface area contributed by atoms with E-state index >= 15 is 0 Å². The number of allylic oxidation sites excluding steroid dienone is 2. The molecule has 0 radical (unpaired) electrons. The fourth-order valence-corrected chi connectivity index (χ4v) is 7.54. The molecule has 258 valence electrons. The van der Waals surface area contributed by atoms with E-state index in [0.29, 0.717) is 0 Å². The van der Waals surface area contributed by atoms with Crippen molar-refractivity contribution in [3.05, 3.63) is 119 Å². The van der Waals surface area contributed by atoms with Gasteiger partial charge in [0.2, 0.25) is 11.4 Å². The van der Waals surface area contributed by atoms with Gasteiger partial charge in [0.05, 0.1) is 10.8 Å². The van der Waals surface area contributed by atoms with E-state index in [-0.39, 0.29) is 22.3 Å². The van der Waals surface area contributed by atoms with E-state index in [4.69, 9.17) is 0 Å². The summed E-state index contributed by atoms with van der Waals surface area (Å²) in [4.78, 5) is 3.99. The van der Waals surface area contributed by atoms with Crippen LogP contribution in [0, 0.1) is 0 Å². The minimum atomic E-state index is -0.174. The molecule has 2 heterocycles. The molecule has 0 amide bonds. The van der Waals surface area contributed by atoms with Gasteiger partial charge in [0, 0.05) is 111 Å². The van der Waals surface area contributed by atoms with Crippen LogP contribution < -0.4 is 9.80 Å². The van der Waals surface area contributed by atoms with Crippen LogP contribution in [-0.2, 0) is 10.8 Å². The lowest BCUT2D eigenvalue weighted by Crippen LogP contribution is -2.28. The zero-order chi connectivity index (χ0) is 35.8. The predicted molar refractivity (Wildman–Crippen MR) is 211 cm³/mol. The molecule has 0 saturated heterocycles. The summed E-state index contributed by atoms with van der Waals surface area (Å²) < 4.78 is 4.95. The van der Waals surface area contributed by atoms with Crippen LogP contribution >= 0.6 is 0 Å². The predicted octanol–water partition coefficient (Wildman–Crippen LogP) is 8.89. The van der Waals surface area contributed by atoms with Crippen molar-refractivity contribution in [2.45, 2.75) is 51.4 Å². The molecule has 0 bridgehead atoms. The number of unbranched alkanes of at least 4 members (excludes halogenated alkanes) is 1. The Kier molecular flexibility index (Phi) is 9.50. The number of anilines is 2. The topological polar surface area (TPSA) is 53.0 Å². The molecule has 6 rings (SSSR count). The highest BCUT2D eigenvalue weighted by Crippen LogP contribution is 2.42. The van der Waals surface area contributed by atoms with E-state index < -0.39 is 0 Å². The molecule has 4 aromatic carbocycles. The Balaban J connectivity index is 1.27. The summed E-state index contributed by atoms with van der Waals surface area (Å²) in [5.74, 6) is 0.562. The monoisotopic (exact) mass is 668 g/mol. The van der Waals surface area contributed by atoms with Crippen molar-refractivity contribution in [3.8, 4) is 11.5 Å². The summed E-state index contributed by atoms with van der Waals surface area (Å²) in [6.45, 7) is 11.0. The van der Waals surface area contributed by atoms with Crippen molar-refractivity contribution in [2.24, 2.45) is 0 Å². The van der Waals surface area contributed by atoms with Gasteiger partial charge in [-0.3, -0.25) is 0 Å². The normalized spacial score (nSPS) is 16.1. The molecule has 0 unspecified atom stereocenters. The van der Waals surface area contributed by atoms with Crippen LogP contribution in [0.5, 0.6) is 11.5 Å². The second-order valence-corrected chi connectivity index (χ2v) is 15.0. The number of aromatic hydroxyl groups is 2. The van der Waals surface area contributed by atoms with Gasteiger partial charge in [0.1, 0.15) is 24.6 Å². The summed E-state index contributed by atoms with van der Waals surface area (Å²) in [5.41, 5.74) is 10.8. The Bertz CT molecular complexity index is 1900. The Morgan fingerprint density at radius 1 is 0.540 bits per heavy atom. The van der Waals surface area contributed by atoms with E-state index in [1.165, 1.54) is 33.9 Å². The molecule has 6 nitrogen and oxygen atoms in total. The molecule has 0 aromatic heterocycles. The molecule has 0 atom stereocenters. The summed E-state index contributed by atoms with van der Waals surface area (Å²) >= 11 is 0. The average molecular weight is 669 g/mol. The molecule has 6 heteroatoms. The minimum Gasteiger partial charge on any atom is -0.507 e. The van der Waals surface area contributed by atoms with E-state index in [1.54, 1.807) is 0 Å². The summed E-state index contributed by atoms with van der Waals surface area (Å²) in [6, 6.07) is 29.2. The van der Waals surface area contributed by atoms with Crippen LogP contribution in [0.3, 0.4) is 0 Å². The average Bonchev–Trinajstić information content (AvgIpc) is 3.43. The Labute approximate surface area is 298 Å². The largest absolute Gasteiger partial charge is 0.507 e. The molecule has 0 fully saturated rings. The van der Waals surface area contributed by atoms with Crippen LogP contribution in [0.25, 0.3) is 12.2 Å². The van der Waals surface area contributed by atoms with E-state index in [0.717, 1.165) is 48.4 Å². The van der Waals surface area contributed by atoms with Crippen molar-refractivity contribution < 1.29 is 19.4 Å². The van der Waals surface area contributed by atoms with Crippen molar-refractivity contribution in [2.75, 3.05) is 51.1 Å². The van der Waals surface area contributed by atoms with Gasteiger partial charge in [0.25, 0.3) is 0 Å². The van der Waals surface area contributed by atoms with Gasteiger partial charge in [-0.05, 0) is 64.1 Å². The molecular formula is C44H52N4O2+2. The molecule has 4 aromatic rings. The summed E-state index contributed by atoms with van der Waals surface area (Å²) in [6.07, 6.45) is 10.5. The number of phenols is 2. The third kappa shape index (κ3) is 6.47. The Hall–Kier alpha value is -5.10. The molecule has 50 heavy (non-hydrogen) atoms. The van der Waals surface area contributed by atoms with Gasteiger partial charge in [-0.2, -0.15) is 9.15 Å². The van der Waals surface area contributed by atoms with Crippen LogP contribution in [0.15, 0.2) is 97.1 Å². The van der Waals surface area contributed by atoms with Crippen LogP contribution in [0.4, 0.5) is 22.7 Å². The fraction of sp³-hybridized carbons (Fsp3) is 0.318. The molecule has 2 aliphatic rings. The number of hydrogen-bond acceptors (Lipinski definition) is 4. The minimum absolute atomic E-state index is 0.174. The van der Waals surface area contributed by atoms with E-state index in [9.17, 15) is 10.2 Å². The van der Waals surface area contributed by atoms with Crippen molar-refractivity contribution in [1.82, 2.24) is 0 Å². The van der Waals surface area contributed by atoms with E-state index in [2.05, 4.69) is 97.5 Å². The second kappa shape index (κ2) is 13.7. The number of rotatable bonds is 11.